The zero-order valence-electron chi connectivity index (χ0n) is 17.6. The molecule has 4 rings (SSSR count). The van der Waals surface area contributed by atoms with Crippen LogP contribution < -0.4 is 10.6 Å². The van der Waals surface area contributed by atoms with Crippen molar-refractivity contribution >= 4 is 45.7 Å². The molecule has 3 amide bonds. The Kier molecular flexibility index (Phi) is 6.78. The number of nitrogens with one attached hydrogen (secondary N) is 2. The van der Waals surface area contributed by atoms with Crippen molar-refractivity contribution in [1.82, 2.24) is 15.1 Å². The first-order valence-electron chi connectivity index (χ1n) is 10.5. The van der Waals surface area contributed by atoms with Crippen LogP contribution in [-0.4, -0.2) is 66.3 Å². The van der Waals surface area contributed by atoms with Crippen LogP contribution >= 0.6 is 22.9 Å². The lowest BCUT2D eigenvalue weighted by molar-refractivity contribution is -0.122. The van der Waals surface area contributed by atoms with Gasteiger partial charge in [0.25, 0.3) is 11.8 Å². The molecular formula is C22H24ClFN4O3S. The number of benzene rings is 1. The molecule has 0 unspecified atom stereocenters. The number of piperazine rings is 1. The number of hydrogen-bond donors (Lipinski definition) is 2. The van der Waals surface area contributed by atoms with Crippen LogP contribution in [0.2, 0.25) is 5.02 Å². The van der Waals surface area contributed by atoms with Gasteiger partial charge in [0.05, 0.1) is 27.0 Å². The number of amides is 3. The van der Waals surface area contributed by atoms with Crippen molar-refractivity contribution in [1.29, 1.82) is 0 Å². The van der Waals surface area contributed by atoms with Gasteiger partial charge in [-0.15, -0.1) is 11.3 Å². The lowest BCUT2D eigenvalue weighted by Crippen LogP contribution is -2.51. The summed E-state index contributed by atoms with van der Waals surface area (Å²) in [5, 5.41) is 6.26. The number of aryl methyl sites for hydroxylation is 1. The van der Waals surface area contributed by atoms with Crippen molar-refractivity contribution in [3.05, 3.63) is 51.1 Å². The van der Waals surface area contributed by atoms with Gasteiger partial charge in [0, 0.05) is 32.2 Å². The summed E-state index contributed by atoms with van der Waals surface area (Å²) >= 11 is 7.16. The summed E-state index contributed by atoms with van der Waals surface area (Å²) in [5.41, 5.74) is 0.931. The third kappa shape index (κ3) is 5.46. The number of nitrogens with zero attached hydrogens (tertiary/aromatic N) is 2. The third-order valence-electron chi connectivity index (χ3n) is 5.49. The van der Waals surface area contributed by atoms with Gasteiger partial charge in [-0.25, -0.2) is 4.39 Å². The Balaban J connectivity index is 1.33. The van der Waals surface area contributed by atoms with Gasteiger partial charge in [0.1, 0.15) is 5.82 Å². The number of anilines is 1. The summed E-state index contributed by atoms with van der Waals surface area (Å²) in [5.74, 6) is -1.03. The van der Waals surface area contributed by atoms with Crippen LogP contribution in [0, 0.1) is 12.7 Å². The van der Waals surface area contributed by atoms with Crippen molar-refractivity contribution in [2.75, 3.05) is 38.0 Å². The van der Waals surface area contributed by atoms with E-state index < -0.39 is 11.7 Å². The van der Waals surface area contributed by atoms with Crippen LogP contribution in [0.1, 0.15) is 38.4 Å². The quantitative estimate of drug-likeness (QED) is 0.668. The summed E-state index contributed by atoms with van der Waals surface area (Å²) in [6.45, 7) is 4.54. The van der Waals surface area contributed by atoms with E-state index in [1.165, 1.54) is 23.5 Å². The van der Waals surface area contributed by atoms with Gasteiger partial charge in [-0.3, -0.25) is 19.3 Å². The zero-order valence-corrected chi connectivity index (χ0v) is 19.2. The fraction of sp³-hybridized carbons (Fsp3) is 0.409. The second-order valence-electron chi connectivity index (χ2n) is 8.11. The second kappa shape index (κ2) is 9.56. The summed E-state index contributed by atoms with van der Waals surface area (Å²) in [6, 6.07) is 5.67. The summed E-state index contributed by atoms with van der Waals surface area (Å²) in [4.78, 5) is 41.9. The smallest absolute Gasteiger partial charge is 0.264 e. The van der Waals surface area contributed by atoms with Crippen molar-refractivity contribution < 1.29 is 18.8 Å². The predicted octanol–water partition coefficient (Wildman–Crippen LogP) is 3.14. The Labute approximate surface area is 194 Å². The van der Waals surface area contributed by atoms with E-state index in [0.717, 1.165) is 24.5 Å². The van der Waals surface area contributed by atoms with Gasteiger partial charge < -0.3 is 15.5 Å². The molecule has 2 heterocycles. The van der Waals surface area contributed by atoms with Gasteiger partial charge in [0.15, 0.2) is 0 Å². The van der Waals surface area contributed by atoms with E-state index in [1.807, 2.05) is 6.92 Å². The standard InChI is InChI=1S/C22H24ClFN4O3S/c1-13-10-19(26-21(30)16-5-2-14(24)11-17(16)23)32-20(13)22(31)28-8-6-27(7-9-28)12-18(29)25-15-3-4-15/h2,5,10-11,15H,3-4,6-9,12H2,1H3,(H,25,29)(H,26,30). The topological polar surface area (TPSA) is 81.8 Å². The zero-order chi connectivity index (χ0) is 22.8. The Bertz CT molecular complexity index is 1050. The summed E-state index contributed by atoms with van der Waals surface area (Å²) < 4.78 is 13.2. The number of carbonyl (C=O) groups is 3. The minimum Gasteiger partial charge on any atom is -0.352 e. The summed E-state index contributed by atoms with van der Waals surface area (Å²) in [7, 11) is 0. The van der Waals surface area contributed by atoms with Crippen molar-refractivity contribution in [3.8, 4) is 0 Å². The Morgan fingerprint density at radius 2 is 1.88 bits per heavy atom. The highest BCUT2D eigenvalue weighted by atomic mass is 35.5. The SMILES string of the molecule is Cc1cc(NC(=O)c2ccc(F)cc2Cl)sc1C(=O)N1CCN(CC(=O)NC2CC2)CC1. The lowest BCUT2D eigenvalue weighted by Gasteiger charge is -2.34. The highest BCUT2D eigenvalue weighted by Gasteiger charge is 2.28. The van der Waals surface area contributed by atoms with E-state index in [9.17, 15) is 18.8 Å². The predicted molar refractivity (Wildman–Crippen MR) is 122 cm³/mol. The monoisotopic (exact) mass is 478 g/mol. The number of thiophene rings is 1. The number of hydrogen-bond acceptors (Lipinski definition) is 5. The van der Waals surface area contributed by atoms with Crippen LogP contribution in [0.3, 0.4) is 0 Å². The van der Waals surface area contributed by atoms with E-state index in [4.69, 9.17) is 11.6 Å². The fourth-order valence-corrected chi connectivity index (χ4v) is 4.85. The molecule has 2 N–H and O–H groups in total. The van der Waals surface area contributed by atoms with Crippen LogP contribution in [-0.2, 0) is 4.79 Å². The summed E-state index contributed by atoms with van der Waals surface area (Å²) in [6.07, 6.45) is 2.13. The fourth-order valence-electron chi connectivity index (χ4n) is 3.57. The van der Waals surface area contributed by atoms with E-state index in [0.29, 0.717) is 48.6 Å². The van der Waals surface area contributed by atoms with Gasteiger partial charge in [-0.1, -0.05) is 11.6 Å². The maximum Gasteiger partial charge on any atom is 0.264 e. The first-order valence-corrected chi connectivity index (χ1v) is 11.7. The Morgan fingerprint density at radius 3 is 2.53 bits per heavy atom. The van der Waals surface area contributed by atoms with E-state index in [2.05, 4.69) is 15.5 Å². The molecule has 1 aliphatic heterocycles. The lowest BCUT2D eigenvalue weighted by atomic mass is 10.2. The molecule has 7 nitrogen and oxygen atoms in total. The maximum atomic E-state index is 13.2. The maximum absolute atomic E-state index is 13.2. The van der Waals surface area contributed by atoms with Crippen LogP contribution in [0.15, 0.2) is 24.3 Å². The molecule has 1 saturated heterocycles. The van der Waals surface area contributed by atoms with Crippen LogP contribution in [0.25, 0.3) is 0 Å². The second-order valence-corrected chi connectivity index (χ2v) is 9.57. The molecule has 2 aliphatic rings. The average Bonchev–Trinajstić information content (AvgIpc) is 3.48. The van der Waals surface area contributed by atoms with Crippen LogP contribution in [0.5, 0.6) is 0 Å². The van der Waals surface area contributed by atoms with Crippen molar-refractivity contribution in [2.45, 2.75) is 25.8 Å². The normalized spacial score (nSPS) is 16.7. The molecule has 1 saturated carbocycles. The molecule has 0 bridgehead atoms. The molecule has 32 heavy (non-hydrogen) atoms. The first kappa shape index (κ1) is 22.7. The molecule has 2 fully saturated rings. The third-order valence-corrected chi connectivity index (χ3v) is 6.95. The van der Waals surface area contributed by atoms with Gasteiger partial charge in [-0.2, -0.15) is 0 Å². The molecule has 0 radical (unpaired) electrons. The van der Waals surface area contributed by atoms with Crippen molar-refractivity contribution in [3.63, 3.8) is 0 Å². The highest BCUT2D eigenvalue weighted by molar-refractivity contribution is 7.18. The molecular weight excluding hydrogens is 455 g/mol. The molecule has 0 atom stereocenters. The Morgan fingerprint density at radius 1 is 1.16 bits per heavy atom. The molecule has 170 valence electrons. The molecule has 2 aromatic rings. The number of carbonyl (C=O) groups excluding carboxylic acids is 3. The molecule has 0 spiro atoms. The molecule has 10 heteroatoms. The molecule has 1 aromatic carbocycles. The van der Waals surface area contributed by atoms with Gasteiger partial charge in [-0.05, 0) is 49.6 Å². The average molecular weight is 479 g/mol. The Hall–Kier alpha value is -2.49. The van der Waals surface area contributed by atoms with E-state index >= 15 is 0 Å². The number of halogens is 2. The van der Waals surface area contributed by atoms with E-state index in [1.54, 1.807) is 11.0 Å². The first-order chi connectivity index (χ1) is 15.3. The minimum atomic E-state index is -0.518. The minimum absolute atomic E-state index is 0.0239. The largest absolute Gasteiger partial charge is 0.352 e. The van der Waals surface area contributed by atoms with E-state index in [-0.39, 0.29) is 22.4 Å². The number of rotatable bonds is 6. The molecule has 1 aromatic heterocycles. The van der Waals surface area contributed by atoms with Gasteiger partial charge >= 0.3 is 0 Å². The highest BCUT2D eigenvalue weighted by Crippen LogP contribution is 2.29. The molecule has 1 aliphatic carbocycles. The van der Waals surface area contributed by atoms with Crippen LogP contribution in [0.4, 0.5) is 9.39 Å². The van der Waals surface area contributed by atoms with Gasteiger partial charge in [0.2, 0.25) is 5.91 Å². The van der Waals surface area contributed by atoms with Crippen molar-refractivity contribution in [2.24, 2.45) is 0 Å².